The molecule has 0 radical (unpaired) electrons. The highest BCUT2D eigenvalue weighted by molar-refractivity contribution is 7.13. The van der Waals surface area contributed by atoms with Crippen LogP contribution in [0.15, 0.2) is 72.2 Å². The van der Waals surface area contributed by atoms with E-state index in [4.69, 9.17) is 14.5 Å². The van der Waals surface area contributed by atoms with Gasteiger partial charge in [-0.2, -0.15) is 0 Å². The molecule has 36 heavy (non-hydrogen) atoms. The van der Waals surface area contributed by atoms with Crippen molar-refractivity contribution in [2.45, 2.75) is 19.9 Å². The first-order valence-corrected chi connectivity index (χ1v) is 12.4. The molecule has 0 saturated heterocycles. The van der Waals surface area contributed by atoms with Crippen LogP contribution in [0.4, 0.5) is 11.4 Å². The van der Waals surface area contributed by atoms with E-state index in [1.165, 1.54) is 16.2 Å². The summed E-state index contributed by atoms with van der Waals surface area (Å²) in [6, 6.07) is 17.6. The number of nitrogens with zero attached hydrogens (tertiary/aromatic N) is 3. The zero-order valence-electron chi connectivity index (χ0n) is 19.8. The summed E-state index contributed by atoms with van der Waals surface area (Å²) in [5, 5.41) is 5.63. The molecule has 1 aliphatic heterocycles. The molecule has 2 aromatic carbocycles. The maximum absolute atomic E-state index is 13.1. The van der Waals surface area contributed by atoms with Crippen molar-refractivity contribution < 1.29 is 19.1 Å². The summed E-state index contributed by atoms with van der Waals surface area (Å²) in [5.74, 6) is 0.666. The average Bonchev–Trinajstić information content (AvgIpc) is 3.40. The first-order chi connectivity index (χ1) is 17.5. The molecule has 9 heteroatoms. The Morgan fingerprint density at radius 2 is 2.00 bits per heavy atom. The van der Waals surface area contributed by atoms with E-state index in [9.17, 15) is 9.59 Å². The van der Waals surface area contributed by atoms with E-state index in [-0.39, 0.29) is 18.4 Å². The number of nitrogens with one attached hydrogen (secondary N) is 1. The summed E-state index contributed by atoms with van der Waals surface area (Å²) in [5.41, 5.74) is 3.52. The lowest BCUT2D eigenvalue weighted by molar-refractivity contribution is -0.125. The number of hydrogen-bond donors (Lipinski definition) is 1. The molecule has 0 fully saturated rings. The van der Waals surface area contributed by atoms with E-state index < -0.39 is 6.04 Å². The molecule has 2 aromatic heterocycles. The van der Waals surface area contributed by atoms with Gasteiger partial charge in [-0.05, 0) is 68.4 Å². The Morgan fingerprint density at radius 3 is 2.75 bits per heavy atom. The van der Waals surface area contributed by atoms with Gasteiger partial charge in [0.2, 0.25) is 5.91 Å². The number of thiazole rings is 1. The van der Waals surface area contributed by atoms with Gasteiger partial charge in [0.1, 0.15) is 22.5 Å². The minimum atomic E-state index is -0.763. The molecule has 182 valence electrons. The van der Waals surface area contributed by atoms with Crippen LogP contribution in [0.25, 0.3) is 22.0 Å². The molecular weight excluding hydrogens is 476 g/mol. The molecule has 5 rings (SSSR count). The Kier molecular flexibility index (Phi) is 6.64. The SMILES string of the molecule is CCOc1ccc(NC(=O)C(C)N2C(=O)COc3ccc(-c4csc(-c5ccccn5)n4)cc32)cc1. The van der Waals surface area contributed by atoms with E-state index >= 15 is 0 Å². The predicted molar refractivity (Wildman–Crippen MR) is 139 cm³/mol. The van der Waals surface area contributed by atoms with Gasteiger partial charge in [-0.25, -0.2) is 4.98 Å². The van der Waals surface area contributed by atoms with Crippen LogP contribution in [0, 0.1) is 0 Å². The van der Waals surface area contributed by atoms with Gasteiger partial charge in [0.05, 0.1) is 23.7 Å². The number of anilines is 2. The topological polar surface area (TPSA) is 93.7 Å². The smallest absolute Gasteiger partial charge is 0.265 e. The quantitative estimate of drug-likeness (QED) is 0.383. The average molecular weight is 501 g/mol. The largest absolute Gasteiger partial charge is 0.494 e. The number of ether oxygens (including phenoxy) is 2. The Bertz CT molecular complexity index is 1390. The molecule has 8 nitrogen and oxygen atoms in total. The van der Waals surface area contributed by atoms with Crippen LogP contribution in [-0.2, 0) is 9.59 Å². The third-order valence-corrected chi connectivity index (χ3v) is 6.59. The summed E-state index contributed by atoms with van der Waals surface area (Å²) in [7, 11) is 0. The van der Waals surface area contributed by atoms with E-state index in [1.807, 2.05) is 42.6 Å². The Hall–Kier alpha value is -4.24. The first-order valence-electron chi connectivity index (χ1n) is 11.5. The van der Waals surface area contributed by atoms with Crippen molar-refractivity contribution in [2.24, 2.45) is 0 Å². The minimum Gasteiger partial charge on any atom is -0.494 e. The van der Waals surface area contributed by atoms with Gasteiger partial charge in [-0.1, -0.05) is 6.07 Å². The van der Waals surface area contributed by atoms with Crippen LogP contribution in [0.3, 0.4) is 0 Å². The minimum absolute atomic E-state index is 0.131. The van der Waals surface area contributed by atoms with Gasteiger partial charge < -0.3 is 14.8 Å². The van der Waals surface area contributed by atoms with Gasteiger partial charge in [0, 0.05) is 22.8 Å². The molecule has 0 spiro atoms. The van der Waals surface area contributed by atoms with Crippen molar-refractivity contribution in [1.82, 2.24) is 9.97 Å². The maximum Gasteiger partial charge on any atom is 0.265 e. The number of fused-ring (bicyclic) bond motifs is 1. The maximum atomic E-state index is 13.1. The zero-order valence-corrected chi connectivity index (χ0v) is 20.6. The standard InChI is InChI=1S/C27H24N4O4S/c1-3-34-20-10-8-19(9-11-20)29-26(33)17(2)31-23-14-18(7-12-24(23)35-15-25(31)32)22-16-36-27(30-22)21-6-4-5-13-28-21/h4-14,16-17H,3,15H2,1-2H3,(H,29,33). The molecule has 1 N–H and O–H groups in total. The van der Waals surface area contributed by atoms with Crippen LogP contribution in [0.2, 0.25) is 0 Å². The van der Waals surface area contributed by atoms with Gasteiger partial charge in [0.15, 0.2) is 6.61 Å². The highest BCUT2D eigenvalue weighted by atomic mass is 32.1. The highest BCUT2D eigenvalue weighted by Crippen LogP contribution is 2.38. The van der Waals surface area contributed by atoms with Crippen LogP contribution in [-0.4, -0.2) is 41.0 Å². The van der Waals surface area contributed by atoms with E-state index in [0.717, 1.165) is 27.7 Å². The number of carbonyl (C=O) groups is 2. The number of aromatic nitrogens is 2. The van der Waals surface area contributed by atoms with Crippen molar-refractivity contribution in [3.63, 3.8) is 0 Å². The lowest BCUT2D eigenvalue weighted by Crippen LogP contribution is -2.49. The van der Waals surface area contributed by atoms with Crippen LogP contribution in [0.5, 0.6) is 11.5 Å². The summed E-state index contributed by atoms with van der Waals surface area (Å²) in [4.78, 5) is 36.6. The van der Waals surface area contributed by atoms with E-state index in [0.29, 0.717) is 23.7 Å². The molecule has 2 amide bonds. The fourth-order valence-corrected chi connectivity index (χ4v) is 4.74. The fourth-order valence-electron chi connectivity index (χ4n) is 3.93. The third-order valence-electron chi connectivity index (χ3n) is 5.72. The van der Waals surface area contributed by atoms with Crippen LogP contribution < -0.4 is 19.7 Å². The Balaban J connectivity index is 1.39. The molecule has 0 aliphatic carbocycles. The lowest BCUT2D eigenvalue weighted by Gasteiger charge is -2.33. The highest BCUT2D eigenvalue weighted by Gasteiger charge is 2.33. The molecule has 0 saturated carbocycles. The normalized spacial score (nSPS) is 13.5. The summed E-state index contributed by atoms with van der Waals surface area (Å²) in [6.45, 7) is 4.04. The summed E-state index contributed by atoms with van der Waals surface area (Å²) in [6.07, 6.45) is 1.73. The first kappa shape index (κ1) is 23.5. The predicted octanol–water partition coefficient (Wildman–Crippen LogP) is 5.02. The number of rotatable bonds is 7. The van der Waals surface area contributed by atoms with Crippen molar-refractivity contribution in [2.75, 3.05) is 23.4 Å². The van der Waals surface area contributed by atoms with E-state index in [2.05, 4.69) is 10.3 Å². The third kappa shape index (κ3) is 4.78. The van der Waals surface area contributed by atoms with Gasteiger partial charge in [-0.15, -0.1) is 11.3 Å². The van der Waals surface area contributed by atoms with Gasteiger partial charge >= 0.3 is 0 Å². The van der Waals surface area contributed by atoms with Crippen molar-refractivity contribution in [1.29, 1.82) is 0 Å². The summed E-state index contributed by atoms with van der Waals surface area (Å²) >= 11 is 1.49. The molecule has 4 aromatic rings. The van der Waals surface area contributed by atoms with Gasteiger partial charge in [-0.3, -0.25) is 19.5 Å². The van der Waals surface area contributed by atoms with Crippen LogP contribution in [0.1, 0.15) is 13.8 Å². The molecule has 3 heterocycles. The number of hydrogen-bond acceptors (Lipinski definition) is 7. The molecule has 1 aliphatic rings. The van der Waals surface area contributed by atoms with Crippen LogP contribution >= 0.6 is 11.3 Å². The van der Waals surface area contributed by atoms with Gasteiger partial charge in [0.25, 0.3) is 5.91 Å². The molecule has 1 atom stereocenters. The second kappa shape index (κ2) is 10.2. The molecule has 0 bridgehead atoms. The Labute approximate surface area is 212 Å². The second-order valence-corrected chi connectivity index (χ2v) is 8.97. The number of amides is 2. The molecule has 1 unspecified atom stereocenters. The number of carbonyl (C=O) groups excluding carboxylic acids is 2. The zero-order chi connectivity index (χ0) is 25.1. The van der Waals surface area contributed by atoms with Crippen molar-refractivity contribution in [3.8, 4) is 33.5 Å². The fraction of sp³-hybridized carbons (Fsp3) is 0.185. The second-order valence-electron chi connectivity index (χ2n) is 8.11. The molecular formula is C27H24N4O4S. The van der Waals surface area contributed by atoms with Crippen molar-refractivity contribution in [3.05, 3.63) is 72.2 Å². The number of pyridine rings is 1. The Morgan fingerprint density at radius 1 is 1.17 bits per heavy atom. The van der Waals surface area contributed by atoms with Crippen molar-refractivity contribution >= 4 is 34.5 Å². The lowest BCUT2D eigenvalue weighted by atomic mass is 10.1. The summed E-state index contributed by atoms with van der Waals surface area (Å²) < 4.78 is 11.1. The van der Waals surface area contributed by atoms with E-state index in [1.54, 1.807) is 43.5 Å². The monoisotopic (exact) mass is 500 g/mol. The number of benzene rings is 2.